The molecule has 1 atom stereocenters. The zero-order chi connectivity index (χ0) is 15.4. The minimum absolute atomic E-state index is 0.148. The largest absolute Gasteiger partial charge is 0.373 e. The number of anilines is 1. The first-order chi connectivity index (χ1) is 10.0. The number of aromatic nitrogens is 1. The molecule has 4 heteroatoms. The number of hydrogen-bond donors (Lipinski definition) is 1. The van der Waals surface area contributed by atoms with Crippen LogP contribution in [-0.2, 0) is 0 Å². The van der Waals surface area contributed by atoms with E-state index in [0.29, 0.717) is 11.8 Å². The van der Waals surface area contributed by atoms with Crippen molar-refractivity contribution in [1.29, 1.82) is 0 Å². The van der Waals surface area contributed by atoms with Gasteiger partial charge in [0.1, 0.15) is 5.82 Å². The fraction of sp³-hybridized carbons (Fsp3) is 0.647. The number of nitrogens with one attached hydrogen (secondary N) is 1. The predicted octanol–water partition coefficient (Wildman–Crippen LogP) is 3.51. The third kappa shape index (κ3) is 3.74. The Morgan fingerprint density at radius 2 is 2.24 bits per heavy atom. The second-order valence-electron chi connectivity index (χ2n) is 6.27. The van der Waals surface area contributed by atoms with E-state index < -0.39 is 0 Å². The molecule has 4 nitrogen and oxygen atoms in total. The maximum Gasteiger partial charge on any atom is 0.254 e. The molecule has 0 bridgehead atoms. The minimum atomic E-state index is 0.148. The van der Waals surface area contributed by atoms with E-state index in [2.05, 4.69) is 31.1 Å². The quantitative estimate of drug-likeness (QED) is 0.902. The van der Waals surface area contributed by atoms with Crippen LogP contribution in [0.5, 0.6) is 0 Å². The number of carbonyl (C=O) groups is 1. The molecule has 0 saturated carbocycles. The molecule has 0 aliphatic carbocycles. The summed E-state index contributed by atoms with van der Waals surface area (Å²) in [4.78, 5) is 19.2. The van der Waals surface area contributed by atoms with Gasteiger partial charge in [0.25, 0.3) is 5.91 Å². The number of pyridine rings is 1. The van der Waals surface area contributed by atoms with Crippen LogP contribution < -0.4 is 5.32 Å². The Hall–Kier alpha value is -1.58. The summed E-state index contributed by atoms with van der Waals surface area (Å²) in [5.41, 5.74) is 1.73. The lowest BCUT2D eigenvalue weighted by Gasteiger charge is -2.18. The van der Waals surface area contributed by atoms with Gasteiger partial charge in [-0.25, -0.2) is 4.98 Å². The maximum absolute atomic E-state index is 12.7. The van der Waals surface area contributed by atoms with Crippen molar-refractivity contribution < 1.29 is 4.79 Å². The van der Waals surface area contributed by atoms with Gasteiger partial charge in [0, 0.05) is 31.4 Å². The van der Waals surface area contributed by atoms with Crippen molar-refractivity contribution in [3.05, 3.63) is 23.4 Å². The van der Waals surface area contributed by atoms with E-state index in [1.807, 2.05) is 24.1 Å². The van der Waals surface area contributed by atoms with Crippen molar-refractivity contribution in [2.24, 2.45) is 5.92 Å². The highest BCUT2D eigenvalue weighted by Crippen LogP contribution is 2.24. The van der Waals surface area contributed by atoms with E-state index in [4.69, 9.17) is 0 Å². The normalized spacial score (nSPS) is 18.3. The van der Waals surface area contributed by atoms with Crippen LogP contribution in [0.15, 0.2) is 12.1 Å². The highest BCUT2D eigenvalue weighted by molar-refractivity contribution is 5.95. The molecule has 1 N–H and O–H groups in total. The summed E-state index contributed by atoms with van der Waals surface area (Å²) < 4.78 is 0. The fourth-order valence-corrected chi connectivity index (χ4v) is 2.94. The summed E-state index contributed by atoms with van der Waals surface area (Å²) in [6.45, 7) is 8.20. The first kappa shape index (κ1) is 15.8. The first-order valence-electron chi connectivity index (χ1n) is 8.04. The molecular formula is C17H27N3O. The molecule has 1 aliphatic rings. The maximum atomic E-state index is 12.7. The third-order valence-electron chi connectivity index (χ3n) is 4.21. The summed E-state index contributed by atoms with van der Waals surface area (Å²) in [5, 5.41) is 3.06. The van der Waals surface area contributed by atoms with Gasteiger partial charge in [-0.2, -0.15) is 0 Å². The summed E-state index contributed by atoms with van der Waals surface area (Å²) in [6.07, 6.45) is 3.56. The molecule has 116 valence electrons. The number of carbonyl (C=O) groups excluding carboxylic acids is 1. The van der Waals surface area contributed by atoms with Crippen LogP contribution in [0, 0.1) is 5.92 Å². The zero-order valence-corrected chi connectivity index (χ0v) is 13.6. The Morgan fingerprint density at radius 3 is 2.86 bits per heavy atom. The van der Waals surface area contributed by atoms with Crippen LogP contribution in [0.3, 0.4) is 0 Å². The molecule has 1 amide bonds. The first-order valence-corrected chi connectivity index (χ1v) is 8.04. The van der Waals surface area contributed by atoms with E-state index >= 15 is 0 Å². The summed E-state index contributed by atoms with van der Waals surface area (Å²) >= 11 is 0. The summed E-state index contributed by atoms with van der Waals surface area (Å²) in [6, 6.07) is 3.81. The molecule has 1 aliphatic heterocycles. The highest BCUT2D eigenvalue weighted by atomic mass is 16.2. The van der Waals surface area contributed by atoms with Crippen LogP contribution in [-0.4, -0.2) is 35.9 Å². The van der Waals surface area contributed by atoms with Gasteiger partial charge in [-0.1, -0.05) is 27.2 Å². The zero-order valence-electron chi connectivity index (χ0n) is 13.6. The number of likely N-dealkylation sites (tertiary alicyclic amines) is 1. The molecule has 21 heavy (non-hydrogen) atoms. The third-order valence-corrected chi connectivity index (χ3v) is 4.21. The lowest BCUT2D eigenvalue weighted by atomic mass is 10.0. The molecule has 1 unspecified atom stereocenters. The number of amides is 1. The Morgan fingerprint density at radius 1 is 1.48 bits per heavy atom. The molecule has 1 fully saturated rings. The number of hydrogen-bond acceptors (Lipinski definition) is 3. The van der Waals surface area contributed by atoms with Crippen molar-refractivity contribution in [3.8, 4) is 0 Å². The lowest BCUT2D eigenvalue weighted by Crippen LogP contribution is -2.29. The van der Waals surface area contributed by atoms with Crippen molar-refractivity contribution >= 4 is 11.7 Å². The second-order valence-corrected chi connectivity index (χ2v) is 6.27. The molecule has 1 saturated heterocycles. The fourth-order valence-electron chi connectivity index (χ4n) is 2.94. The Labute approximate surface area is 127 Å². The smallest absolute Gasteiger partial charge is 0.254 e. The molecule has 1 aromatic rings. The molecule has 2 rings (SSSR count). The minimum Gasteiger partial charge on any atom is -0.373 e. The van der Waals surface area contributed by atoms with E-state index in [0.717, 1.165) is 36.6 Å². The lowest BCUT2D eigenvalue weighted by molar-refractivity contribution is 0.0786. The molecule has 0 aromatic carbocycles. The van der Waals surface area contributed by atoms with Gasteiger partial charge in [-0.15, -0.1) is 0 Å². The van der Waals surface area contributed by atoms with E-state index in [1.165, 1.54) is 12.8 Å². The Kier molecular flexibility index (Phi) is 5.21. The highest BCUT2D eigenvalue weighted by Gasteiger charge is 2.26. The van der Waals surface area contributed by atoms with Crippen molar-refractivity contribution in [2.45, 2.75) is 46.0 Å². The van der Waals surface area contributed by atoms with Crippen LogP contribution in [0.2, 0.25) is 0 Å². The Balaban J connectivity index is 2.17. The standard InChI is InChI=1S/C17H27N3O/c1-5-6-13-7-8-20(11-13)17(21)14-9-15(12(2)3)19-16(10-14)18-4/h9-10,12-13H,5-8,11H2,1-4H3,(H,18,19). The van der Waals surface area contributed by atoms with Gasteiger partial charge in [0.2, 0.25) is 0 Å². The molecule has 0 radical (unpaired) electrons. The predicted molar refractivity (Wildman–Crippen MR) is 86.8 cm³/mol. The SMILES string of the molecule is CCCC1CCN(C(=O)c2cc(NC)nc(C(C)C)c2)C1. The van der Waals surface area contributed by atoms with Gasteiger partial charge < -0.3 is 10.2 Å². The summed E-state index contributed by atoms with van der Waals surface area (Å²) in [5.74, 6) is 1.91. The van der Waals surface area contributed by atoms with E-state index in [-0.39, 0.29) is 5.91 Å². The van der Waals surface area contributed by atoms with Gasteiger partial charge in [0.05, 0.1) is 0 Å². The average Bonchev–Trinajstić information content (AvgIpc) is 2.94. The monoisotopic (exact) mass is 289 g/mol. The molecule has 2 heterocycles. The van der Waals surface area contributed by atoms with Gasteiger partial charge in [0.15, 0.2) is 0 Å². The van der Waals surface area contributed by atoms with Crippen molar-refractivity contribution in [2.75, 3.05) is 25.5 Å². The van der Waals surface area contributed by atoms with Crippen LogP contribution in [0.25, 0.3) is 0 Å². The van der Waals surface area contributed by atoms with Crippen molar-refractivity contribution in [1.82, 2.24) is 9.88 Å². The molecule has 1 aromatic heterocycles. The molecule has 0 spiro atoms. The average molecular weight is 289 g/mol. The second kappa shape index (κ2) is 6.92. The van der Waals surface area contributed by atoms with Crippen LogP contribution >= 0.6 is 0 Å². The van der Waals surface area contributed by atoms with E-state index in [9.17, 15) is 4.79 Å². The summed E-state index contributed by atoms with van der Waals surface area (Å²) in [7, 11) is 1.84. The van der Waals surface area contributed by atoms with Gasteiger partial charge in [-0.05, 0) is 36.8 Å². The topological polar surface area (TPSA) is 45.2 Å². The number of nitrogens with zero attached hydrogens (tertiary/aromatic N) is 2. The van der Waals surface area contributed by atoms with Crippen molar-refractivity contribution in [3.63, 3.8) is 0 Å². The number of rotatable bonds is 5. The van der Waals surface area contributed by atoms with Gasteiger partial charge in [-0.3, -0.25) is 4.79 Å². The van der Waals surface area contributed by atoms with Crippen LogP contribution in [0.4, 0.5) is 5.82 Å². The van der Waals surface area contributed by atoms with Crippen LogP contribution in [0.1, 0.15) is 62.0 Å². The Bertz CT molecular complexity index is 499. The van der Waals surface area contributed by atoms with Gasteiger partial charge >= 0.3 is 0 Å². The molecular weight excluding hydrogens is 262 g/mol. The van der Waals surface area contributed by atoms with E-state index in [1.54, 1.807) is 0 Å².